The van der Waals surface area contributed by atoms with Gasteiger partial charge in [-0.3, -0.25) is 0 Å². The van der Waals surface area contributed by atoms with Crippen LogP contribution < -0.4 is 31.4 Å². The van der Waals surface area contributed by atoms with E-state index in [1.165, 1.54) is 20.7 Å². The van der Waals surface area contributed by atoms with Gasteiger partial charge in [-0.15, -0.1) is 0 Å². The van der Waals surface area contributed by atoms with Crippen molar-refractivity contribution in [3.8, 4) is 0 Å². The average Bonchev–Trinajstić information content (AvgIpc) is 3.27. The summed E-state index contributed by atoms with van der Waals surface area (Å²) >= 11 is 2.06. The fourth-order valence-corrected chi connectivity index (χ4v) is 20.5. The van der Waals surface area contributed by atoms with Crippen LogP contribution in [0.1, 0.15) is 67.2 Å². The largest absolute Gasteiger partial charge is 0.405 e. The van der Waals surface area contributed by atoms with Crippen LogP contribution in [0.5, 0.6) is 0 Å². The molecule has 4 aliphatic heterocycles. The molecule has 2 saturated heterocycles. The Morgan fingerprint density at radius 3 is 1.13 bits per heavy atom. The summed E-state index contributed by atoms with van der Waals surface area (Å²) in [5.41, 5.74) is 0. The lowest BCUT2D eigenvalue weighted by atomic mass is 10.1. The molecule has 324 valence electrons. The second-order valence-corrected chi connectivity index (χ2v) is 29.2. The minimum Gasteiger partial charge on any atom is -0.405 e. The van der Waals surface area contributed by atoms with Crippen molar-refractivity contribution >= 4 is 61.1 Å². The Morgan fingerprint density at radius 1 is 0.508 bits per heavy atom. The smallest absolute Gasteiger partial charge is 0.261 e. The topological polar surface area (TPSA) is 73.7 Å². The molecule has 8 nitrogen and oxygen atoms in total. The van der Waals surface area contributed by atoms with Gasteiger partial charge in [0.1, 0.15) is 0 Å². The second-order valence-electron chi connectivity index (χ2n) is 19.5. The summed E-state index contributed by atoms with van der Waals surface area (Å²) in [5, 5.41) is 12.9. The van der Waals surface area contributed by atoms with Gasteiger partial charge in [0.25, 0.3) is 16.6 Å². The summed E-state index contributed by atoms with van der Waals surface area (Å²) in [6, 6.07) is 45.0. The Bertz CT molecular complexity index is 1850. The maximum atomic E-state index is 7.32. The molecule has 4 aromatic carbocycles. The van der Waals surface area contributed by atoms with Crippen LogP contribution in [-0.2, 0) is 8.85 Å². The summed E-state index contributed by atoms with van der Waals surface area (Å²) in [6.45, 7) is 19.5. The highest BCUT2D eigenvalue weighted by molar-refractivity contribution is 7.99. The normalized spacial score (nSPS) is 22.3. The molecule has 8 rings (SSSR count). The fraction of sp³-hybridized carbons (Fsp3) is 0.480. The number of nitrogens with zero attached hydrogens (tertiary/aromatic N) is 4. The maximum Gasteiger partial charge on any atom is 0.261 e. The SMILES string of the molecule is CC(C)(C)[Si](OC[C@H]1CCN2CC[C@H](CSC[C@H]3CCN4CC[C@H](CO[Si](c5ccccc5)(c5ccccc5)C(C)(C)C)N=C4N3)NC2=N1)(c1ccccc1)c1ccccc1. The van der Waals surface area contributed by atoms with Crippen molar-refractivity contribution in [1.82, 2.24) is 20.4 Å². The first-order valence-electron chi connectivity index (χ1n) is 22.7. The molecule has 0 aromatic heterocycles. The first-order valence-corrected chi connectivity index (χ1v) is 27.7. The van der Waals surface area contributed by atoms with Crippen LogP contribution in [0.25, 0.3) is 0 Å². The van der Waals surface area contributed by atoms with E-state index in [0.29, 0.717) is 25.3 Å². The molecular formula is C50H68N6O2SSi2. The van der Waals surface area contributed by atoms with Gasteiger partial charge in [0.05, 0.1) is 25.3 Å². The number of rotatable bonds is 14. The van der Waals surface area contributed by atoms with E-state index < -0.39 is 16.6 Å². The number of thioether (sulfide) groups is 1. The molecule has 0 amide bonds. The van der Waals surface area contributed by atoms with Gasteiger partial charge in [-0.1, -0.05) is 163 Å². The molecule has 11 heteroatoms. The summed E-state index contributed by atoms with van der Waals surface area (Å²) in [4.78, 5) is 15.6. The minimum absolute atomic E-state index is 0.0498. The molecule has 0 bridgehead atoms. The first kappa shape index (κ1) is 43.8. The molecule has 4 atom stereocenters. The predicted octanol–water partition coefficient (Wildman–Crippen LogP) is 6.46. The quantitative estimate of drug-likeness (QED) is 0.141. The van der Waals surface area contributed by atoms with E-state index in [0.717, 1.165) is 75.3 Å². The molecule has 4 aromatic rings. The number of benzene rings is 4. The molecule has 2 fully saturated rings. The Balaban J connectivity index is 0.871. The van der Waals surface area contributed by atoms with Gasteiger partial charge in [-0.25, -0.2) is 9.98 Å². The highest BCUT2D eigenvalue weighted by Crippen LogP contribution is 2.38. The zero-order valence-electron chi connectivity index (χ0n) is 37.4. The van der Waals surface area contributed by atoms with Crippen molar-refractivity contribution in [3.05, 3.63) is 121 Å². The van der Waals surface area contributed by atoms with E-state index in [2.05, 4.69) is 195 Å². The molecule has 4 heterocycles. The molecule has 0 aliphatic carbocycles. The van der Waals surface area contributed by atoms with Crippen molar-refractivity contribution in [3.63, 3.8) is 0 Å². The van der Waals surface area contributed by atoms with Crippen molar-refractivity contribution in [2.75, 3.05) is 50.9 Å². The number of nitrogens with one attached hydrogen (secondary N) is 2. The maximum absolute atomic E-state index is 7.32. The fourth-order valence-electron chi connectivity index (χ4n) is 10.1. The van der Waals surface area contributed by atoms with Gasteiger partial charge in [0, 0.05) is 49.8 Å². The van der Waals surface area contributed by atoms with Crippen LogP contribution >= 0.6 is 11.8 Å². The second kappa shape index (κ2) is 18.8. The molecule has 61 heavy (non-hydrogen) atoms. The van der Waals surface area contributed by atoms with E-state index in [9.17, 15) is 0 Å². The lowest BCUT2D eigenvalue weighted by Gasteiger charge is -2.44. The van der Waals surface area contributed by atoms with Crippen LogP contribution in [0.3, 0.4) is 0 Å². The number of fused-ring (bicyclic) bond motifs is 2. The van der Waals surface area contributed by atoms with Crippen molar-refractivity contribution in [2.45, 2.75) is 101 Å². The van der Waals surface area contributed by atoms with Crippen molar-refractivity contribution in [1.29, 1.82) is 0 Å². The van der Waals surface area contributed by atoms with E-state index in [4.69, 9.17) is 18.8 Å². The molecule has 0 radical (unpaired) electrons. The Morgan fingerprint density at radius 2 is 0.820 bits per heavy atom. The monoisotopic (exact) mass is 872 g/mol. The van der Waals surface area contributed by atoms with Gasteiger partial charge < -0.3 is 29.3 Å². The third-order valence-electron chi connectivity index (χ3n) is 13.3. The zero-order chi connectivity index (χ0) is 42.5. The Kier molecular flexibility index (Phi) is 13.5. The van der Waals surface area contributed by atoms with E-state index >= 15 is 0 Å². The summed E-state index contributed by atoms with van der Waals surface area (Å²) < 4.78 is 14.6. The van der Waals surface area contributed by atoms with Gasteiger partial charge >= 0.3 is 0 Å². The third-order valence-corrected chi connectivity index (χ3v) is 24.6. The van der Waals surface area contributed by atoms with Crippen LogP contribution in [0.15, 0.2) is 131 Å². The molecule has 0 spiro atoms. The summed E-state index contributed by atoms with van der Waals surface area (Å²) in [7, 11) is -5.23. The number of aliphatic imine (C=N–C) groups is 2. The average molecular weight is 873 g/mol. The lowest BCUT2D eigenvalue weighted by Crippen LogP contribution is -2.67. The van der Waals surface area contributed by atoms with Crippen LogP contribution in [0, 0.1) is 0 Å². The van der Waals surface area contributed by atoms with E-state index in [-0.39, 0.29) is 22.2 Å². The van der Waals surface area contributed by atoms with Crippen molar-refractivity contribution in [2.24, 2.45) is 9.98 Å². The van der Waals surface area contributed by atoms with E-state index in [1.807, 2.05) is 0 Å². The van der Waals surface area contributed by atoms with E-state index in [1.54, 1.807) is 0 Å². The third kappa shape index (κ3) is 9.42. The van der Waals surface area contributed by atoms with Crippen LogP contribution in [0.4, 0.5) is 0 Å². The summed E-state index contributed by atoms with van der Waals surface area (Å²) in [6.07, 6.45) is 4.31. The van der Waals surface area contributed by atoms with Gasteiger partial charge in [-0.2, -0.15) is 11.8 Å². The number of guanidine groups is 2. The molecule has 4 aliphatic rings. The zero-order valence-corrected chi connectivity index (χ0v) is 40.2. The predicted molar refractivity (Wildman–Crippen MR) is 262 cm³/mol. The number of hydrogen-bond donors (Lipinski definition) is 2. The van der Waals surface area contributed by atoms with Crippen LogP contribution in [-0.4, -0.2) is 113 Å². The lowest BCUT2D eigenvalue weighted by molar-refractivity contribution is 0.232. The van der Waals surface area contributed by atoms with Gasteiger partial charge in [-0.05, 0) is 56.5 Å². The number of hydrogen-bond acceptors (Lipinski definition) is 9. The summed E-state index contributed by atoms with van der Waals surface area (Å²) in [5.74, 6) is 4.26. The molecule has 0 unspecified atom stereocenters. The Labute approximate surface area is 372 Å². The Hall–Kier alpha value is -3.88. The van der Waals surface area contributed by atoms with Gasteiger partial charge in [0.15, 0.2) is 11.9 Å². The molecule has 2 N–H and O–H groups in total. The molecular weight excluding hydrogens is 805 g/mol. The standard InChI is InChI=1S/C50H68N6O2SSi2/c1-49(2,3)60(43-19-11-7-12-20-43,44-21-13-8-14-22-44)57-35-39-27-31-55-33-29-41(53-47(55)51-39)37-59-38-42-30-34-56-32-28-40(52-48(56)54-42)36-58-61(50(4,5)6,45-23-15-9-16-24-45)46-25-17-10-18-26-46/h7-26,39-42H,27-38H2,1-6H3,(H,51,53)(H,52,54)/t39-,40-,41-,42-/m1/s1. The highest BCUT2D eigenvalue weighted by atomic mass is 32.2. The highest BCUT2D eigenvalue weighted by Gasteiger charge is 2.52. The molecule has 0 saturated carbocycles. The van der Waals surface area contributed by atoms with Gasteiger partial charge in [0.2, 0.25) is 0 Å². The minimum atomic E-state index is -2.61. The first-order chi connectivity index (χ1) is 29.5. The van der Waals surface area contributed by atoms with Crippen molar-refractivity contribution < 1.29 is 8.85 Å². The van der Waals surface area contributed by atoms with Crippen LogP contribution in [0.2, 0.25) is 10.1 Å².